The number of aliphatic hydroxyl groups excluding tert-OH is 1. The van der Waals surface area contributed by atoms with Crippen LogP contribution in [0.25, 0.3) is 0 Å². The second-order valence-corrected chi connectivity index (χ2v) is 5.38. The van der Waals surface area contributed by atoms with Crippen LogP contribution in [0.1, 0.15) is 17.2 Å². The number of ether oxygens (including phenoxy) is 4. The molecule has 0 aliphatic heterocycles. The van der Waals surface area contributed by atoms with Crippen molar-refractivity contribution in [2.24, 2.45) is 0 Å². The number of nitrogens with two attached hydrogens (primary N) is 1. The van der Waals surface area contributed by atoms with Gasteiger partial charge in [-0.05, 0) is 12.1 Å². The highest BCUT2D eigenvalue weighted by Crippen LogP contribution is 2.41. The first kappa shape index (κ1) is 18.2. The van der Waals surface area contributed by atoms with Gasteiger partial charge in [0.05, 0.1) is 19.9 Å². The number of hydrogen-bond donors (Lipinski definition) is 2. The van der Waals surface area contributed by atoms with E-state index in [-0.39, 0.29) is 12.5 Å². The van der Waals surface area contributed by atoms with Gasteiger partial charge in [0.15, 0.2) is 18.3 Å². The third-order valence-electron chi connectivity index (χ3n) is 3.49. The van der Waals surface area contributed by atoms with Gasteiger partial charge in [0.2, 0.25) is 0 Å². The lowest BCUT2D eigenvalue weighted by atomic mass is 9.98. The average Bonchev–Trinajstić information content (AvgIpc) is 2.60. The van der Waals surface area contributed by atoms with Crippen LogP contribution in [-0.4, -0.2) is 33.2 Å². The average molecular weight is 354 g/mol. The fourth-order valence-corrected chi connectivity index (χ4v) is 2.59. The fraction of sp³-hybridized carbons (Fsp3) is 0.294. The van der Waals surface area contributed by atoms with Gasteiger partial charge in [0, 0.05) is 29.3 Å². The van der Waals surface area contributed by atoms with Crippen molar-refractivity contribution < 1.29 is 24.1 Å². The predicted molar refractivity (Wildman–Crippen MR) is 92.0 cm³/mol. The first-order valence-electron chi connectivity index (χ1n) is 7.13. The van der Waals surface area contributed by atoms with Gasteiger partial charge >= 0.3 is 0 Å². The summed E-state index contributed by atoms with van der Waals surface area (Å²) in [4.78, 5) is 0. The van der Waals surface area contributed by atoms with Crippen molar-refractivity contribution >= 4 is 17.3 Å². The number of nitrogen functional groups attached to an aromatic ring is 1. The van der Waals surface area contributed by atoms with Crippen molar-refractivity contribution in [3.05, 3.63) is 46.5 Å². The topological polar surface area (TPSA) is 83.2 Å². The molecule has 0 saturated heterocycles. The van der Waals surface area contributed by atoms with Crippen molar-refractivity contribution in [1.82, 2.24) is 0 Å². The van der Waals surface area contributed by atoms with Crippen LogP contribution in [0.4, 0.5) is 5.69 Å². The van der Waals surface area contributed by atoms with Crippen LogP contribution < -0.4 is 19.9 Å². The highest BCUT2D eigenvalue weighted by molar-refractivity contribution is 6.31. The van der Waals surface area contributed by atoms with Crippen molar-refractivity contribution in [2.75, 3.05) is 33.9 Å². The molecule has 0 aliphatic rings. The van der Waals surface area contributed by atoms with Crippen LogP contribution >= 0.6 is 11.6 Å². The molecule has 0 fully saturated rings. The molecule has 1 atom stereocenters. The number of benzene rings is 2. The molecule has 3 N–H and O–H groups in total. The Kier molecular flexibility index (Phi) is 6.14. The molecule has 0 heterocycles. The van der Waals surface area contributed by atoms with E-state index in [1.165, 1.54) is 21.3 Å². The zero-order valence-electron chi connectivity index (χ0n) is 13.7. The maximum atomic E-state index is 10.8. The van der Waals surface area contributed by atoms with Gasteiger partial charge in [-0.1, -0.05) is 23.7 Å². The van der Waals surface area contributed by atoms with Crippen LogP contribution in [0.2, 0.25) is 5.02 Å². The number of methoxy groups -OCH3 is 3. The third kappa shape index (κ3) is 3.67. The molecule has 0 bridgehead atoms. The van der Waals surface area contributed by atoms with Gasteiger partial charge in [-0.2, -0.15) is 0 Å². The SMILES string of the molecule is COCOc1cc(Cl)cc(C(O)c2cccc(OC)c2OC)c1N. The Bertz CT molecular complexity index is 708. The minimum absolute atomic E-state index is 0.0164. The molecule has 0 spiro atoms. The van der Waals surface area contributed by atoms with Crippen LogP contribution in [0.15, 0.2) is 30.3 Å². The maximum absolute atomic E-state index is 10.8. The van der Waals surface area contributed by atoms with E-state index in [1.54, 1.807) is 30.3 Å². The molecule has 0 radical (unpaired) electrons. The highest BCUT2D eigenvalue weighted by Gasteiger charge is 2.22. The van der Waals surface area contributed by atoms with Gasteiger partial charge in [-0.3, -0.25) is 0 Å². The molecule has 0 saturated carbocycles. The standard InChI is InChI=1S/C17H20ClNO5/c1-21-9-24-14-8-10(18)7-12(15(14)19)16(20)11-5-4-6-13(22-2)17(11)23-3/h4-8,16,20H,9,19H2,1-3H3. The largest absolute Gasteiger partial charge is 0.493 e. The van der Waals surface area contributed by atoms with Gasteiger partial charge in [0.1, 0.15) is 11.9 Å². The van der Waals surface area contributed by atoms with E-state index in [2.05, 4.69) is 0 Å². The number of halogens is 1. The van der Waals surface area contributed by atoms with E-state index in [1.807, 2.05) is 0 Å². The van der Waals surface area contributed by atoms with E-state index in [0.29, 0.717) is 33.4 Å². The first-order valence-corrected chi connectivity index (χ1v) is 7.50. The molecule has 7 heteroatoms. The highest BCUT2D eigenvalue weighted by atomic mass is 35.5. The van der Waals surface area contributed by atoms with Gasteiger partial charge in [-0.25, -0.2) is 0 Å². The third-order valence-corrected chi connectivity index (χ3v) is 3.71. The van der Waals surface area contributed by atoms with Crippen molar-refractivity contribution in [3.63, 3.8) is 0 Å². The van der Waals surface area contributed by atoms with E-state index in [4.69, 9.17) is 36.3 Å². The predicted octanol–water partition coefficient (Wildman–Crippen LogP) is 3.00. The molecule has 2 aromatic rings. The summed E-state index contributed by atoms with van der Waals surface area (Å²) in [5.74, 6) is 1.26. The van der Waals surface area contributed by atoms with Gasteiger partial charge in [-0.15, -0.1) is 0 Å². The second kappa shape index (κ2) is 8.10. The summed E-state index contributed by atoms with van der Waals surface area (Å²) >= 11 is 6.12. The monoisotopic (exact) mass is 353 g/mol. The Morgan fingerprint density at radius 1 is 1.08 bits per heavy atom. The van der Waals surface area contributed by atoms with Crippen LogP contribution in [0.5, 0.6) is 17.2 Å². The minimum Gasteiger partial charge on any atom is -0.493 e. The number of para-hydroxylation sites is 1. The minimum atomic E-state index is -1.07. The van der Waals surface area contributed by atoms with Gasteiger partial charge < -0.3 is 29.8 Å². The lowest BCUT2D eigenvalue weighted by Crippen LogP contribution is -2.09. The van der Waals surface area contributed by atoms with E-state index >= 15 is 0 Å². The Balaban J connectivity index is 2.50. The molecular weight excluding hydrogens is 334 g/mol. The molecule has 130 valence electrons. The first-order chi connectivity index (χ1) is 11.5. The molecule has 2 rings (SSSR count). The number of rotatable bonds is 7. The second-order valence-electron chi connectivity index (χ2n) is 4.94. The Hall–Kier alpha value is -2.15. The lowest BCUT2D eigenvalue weighted by molar-refractivity contribution is 0.0515. The molecular formula is C17H20ClNO5. The molecule has 0 aliphatic carbocycles. The molecule has 1 unspecified atom stereocenters. The summed E-state index contributed by atoms with van der Waals surface area (Å²) in [6.45, 7) is 0.0164. The van der Waals surface area contributed by atoms with Crippen LogP contribution in [-0.2, 0) is 4.74 Å². The summed E-state index contributed by atoms with van der Waals surface area (Å²) in [6.07, 6.45) is -1.07. The van der Waals surface area contributed by atoms with Crippen molar-refractivity contribution in [2.45, 2.75) is 6.10 Å². The van der Waals surface area contributed by atoms with Crippen LogP contribution in [0, 0.1) is 0 Å². The smallest absolute Gasteiger partial charge is 0.188 e. The maximum Gasteiger partial charge on any atom is 0.188 e. The normalized spacial score (nSPS) is 11.9. The summed E-state index contributed by atoms with van der Waals surface area (Å²) in [7, 11) is 4.53. The molecule has 0 aromatic heterocycles. The van der Waals surface area contributed by atoms with Crippen molar-refractivity contribution in [3.8, 4) is 17.2 Å². The van der Waals surface area contributed by atoms with Crippen LogP contribution in [0.3, 0.4) is 0 Å². The fourth-order valence-electron chi connectivity index (χ4n) is 2.38. The zero-order valence-corrected chi connectivity index (χ0v) is 14.5. The number of aliphatic hydroxyl groups is 1. The lowest BCUT2D eigenvalue weighted by Gasteiger charge is -2.20. The molecule has 2 aromatic carbocycles. The molecule has 24 heavy (non-hydrogen) atoms. The Morgan fingerprint density at radius 2 is 1.83 bits per heavy atom. The molecule has 0 amide bonds. The van der Waals surface area contributed by atoms with Gasteiger partial charge in [0.25, 0.3) is 0 Å². The summed E-state index contributed by atoms with van der Waals surface area (Å²) in [6, 6.07) is 8.36. The summed E-state index contributed by atoms with van der Waals surface area (Å²) in [5, 5.41) is 11.2. The summed E-state index contributed by atoms with van der Waals surface area (Å²) in [5.41, 5.74) is 7.30. The Morgan fingerprint density at radius 3 is 2.46 bits per heavy atom. The quantitative estimate of drug-likeness (QED) is 0.588. The van der Waals surface area contributed by atoms with E-state index in [9.17, 15) is 5.11 Å². The number of hydrogen-bond acceptors (Lipinski definition) is 6. The zero-order chi connectivity index (χ0) is 17.7. The summed E-state index contributed by atoms with van der Waals surface area (Å²) < 4.78 is 20.9. The van der Waals surface area contributed by atoms with Crippen molar-refractivity contribution in [1.29, 1.82) is 0 Å². The van der Waals surface area contributed by atoms with E-state index < -0.39 is 6.10 Å². The number of anilines is 1. The van der Waals surface area contributed by atoms with E-state index in [0.717, 1.165) is 0 Å². The molecule has 6 nitrogen and oxygen atoms in total. The Labute approximate surface area is 145 Å².